The van der Waals surface area contributed by atoms with Crippen LogP contribution in [0, 0.1) is 20.8 Å². The van der Waals surface area contributed by atoms with E-state index in [0.29, 0.717) is 0 Å². The molecule has 120 valence electrons. The molecule has 0 saturated carbocycles. The van der Waals surface area contributed by atoms with E-state index in [2.05, 4.69) is 55.5 Å². The maximum Gasteiger partial charge on any atom is 1.00 e. The summed E-state index contributed by atoms with van der Waals surface area (Å²) in [6.45, 7) is 6.12. The summed E-state index contributed by atoms with van der Waals surface area (Å²) in [4.78, 5) is 12.7. The zero-order chi connectivity index (χ0) is 17.1. The largest absolute Gasteiger partial charge is 1.00 e. The van der Waals surface area contributed by atoms with Crippen molar-refractivity contribution < 1.29 is 23.7 Å². The fourth-order valence-corrected chi connectivity index (χ4v) is 4.22. The van der Waals surface area contributed by atoms with E-state index in [-0.39, 0.29) is 33.0 Å². The van der Waals surface area contributed by atoms with Gasteiger partial charge in [0.05, 0.1) is 0 Å². The molecule has 3 aromatic carbocycles. The number of hydrogen-bond donors (Lipinski definition) is 0. The van der Waals surface area contributed by atoms with Gasteiger partial charge < -0.3 is 0 Å². The number of carbonyl (C=O) groups is 1. The zero-order valence-corrected chi connectivity index (χ0v) is 16.3. The average Bonchev–Trinajstić information content (AvgIpc) is 2.55. The Bertz CT molecular complexity index is 847. The molecule has 0 radical (unpaired) electrons. The Labute approximate surface area is 163 Å². The molecule has 1 nitrogen and oxygen atoms in total. The van der Waals surface area contributed by atoms with Crippen molar-refractivity contribution in [1.29, 1.82) is 0 Å². The summed E-state index contributed by atoms with van der Waals surface area (Å²) >= 11 is 0. The molecule has 0 aliphatic rings. The normalized spacial score (nSPS) is 10.7. The predicted molar refractivity (Wildman–Crippen MR) is 105 cm³/mol. The second-order valence-corrected chi connectivity index (χ2v) is 7.45. The van der Waals surface area contributed by atoms with E-state index in [1.165, 1.54) is 16.7 Å². The maximum atomic E-state index is 12.7. The van der Waals surface area contributed by atoms with Gasteiger partial charge in [0.25, 0.3) is 0 Å². The number of rotatable bonds is 4. The monoisotopic (exact) mass is 339 g/mol. The molecule has 0 aromatic heterocycles. The fraction of sp³-hybridized carbons (Fsp3) is 0.136. The molecule has 0 N–H and O–H groups in total. The first kappa shape index (κ1) is 19.7. The van der Waals surface area contributed by atoms with Crippen LogP contribution in [-0.2, 0) is 0 Å². The van der Waals surface area contributed by atoms with Crippen LogP contribution in [0.5, 0.6) is 0 Å². The Kier molecular flexibility index (Phi) is 6.80. The Morgan fingerprint density at radius 3 is 1.84 bits per heavy atom. The SMILES string of the molecule is Cc1cc(C)c(C(=O)Pc2ccc(-c3ccccc3)cc2)c(C)c1.[Li+]. The molecule has 25 heavy (non-hydrogen) atoms. The average molecular weight is 339 g/mol. The van der Waals surface area contributed by atoms with Crippen LogP contribution in [0.25, 0.3) is 11.1 Å². The van der Waals surface area contributed by atoms with Crippen molar-refractivity contribution in [3.63, 3.8) is 0 Å². The Morgan fingerprint density at radius 2 is 1.28 bits per heavy atom. The smallest absolute Gasteiger partial charge is 0.289 e. The summed E-state index contributed by atoms with van der Waals surface area (Å²) in [6.07, 6.45) is 0. The maximum absolute atomic E-state index is 12.7. The molecule has 0 aliphatic carbocycles. The van der Waals surface area contributed by atoms with Gasteiger partial charge >= 0.3 is 18.9 Å². The fourth-order valence-electron chi connectivity index (χ4n) is 3.11. The minimum absolute atomic E-state index is 0. The topological polar surface area (TPSA) is 17.1 Å². The standard InChI is InChI=1S/C22H21OP.Li/c1-15-13-16(2)21(17(3)14-15)22(23)24-20-11-9-19(10-12-20)18-7-5-4-6-8-18;/h4-14,24H,1-3H3;/q;+1. The second kappa shape index (κ2) is 8.64. The second-order valence-electron chi connectivity index (χ2n) is 6.17. The zero-order valence-electron chi connectivity index (χ0n) is 15.3. The molecule has 0 saturated heterocycles. The molecule has 0 amide bonds. The third kappa shape index (κ3) is 4.71. The van der Waals surface area contributed by atoms with Crippen molar-refractivity contribution >= 4 is 19.4 Å². The van der Waals surface area contributed by atoms with Gasteiger partial charge in [0.2, 0.25) is 0 Å². The molecule has 0 fully saturated rings. The molecule has 0 spiro atoms. The third-order valence-electron chi connectivity index (χ3n) is 4.15. The minimum atomic E-state index is 0. The van der Waals surface area contributed by atoms with Crippen LogP contribution in [0.2, 0.25) is 0 Å². The van der Waals surface area contributed by atoms with Crippen molar-refractivity contribution in [2.24, 2.45) is 0 Å². The van der Waals surface area contributed by atoms with E-state index in [0.717, 1.165) is 22.0 Å². The molecule has 0 bridgehead atoms. The molecule has 0 aliphatic heterocycles. The van der Waals surface area contributed by atoms with E-state index in [1.54, 1.807) is 0 Å². The first-order valence-corrected chi connectivity index (χ1v) is 9.09. The van der Waals surface area contributed by atoms with E-state index >= 15 is 0 Å². The van der Waals surface area contributed by atoms with Crippen LogP contribution in [0.4, 0.5) is 0 Å². The Hall–Kier alpha value is -1.64. The van der Waals surface area contributed by atoms with Gasteiger partial charge in [-0.3, -0.25) is 4.79 Å². The van der Waals surface area contributed by atoms with Gasteiger partial charge in [-0.1, -0.05) is 72.3 Å². The minimum Gasteiger partial charge on any atom is -0.289 e. The molecule has 3 aromatic rings. The van der Waals surface area contributed by atoms with Gasteiger partial charge in [-0.25, -0.2) is 0 Å². The summed E-state index contributed by atoms with van der Waals surface area (Å²) in [5, 5.41) is 1.08. The summed E-state index contributed by atoms with van der Waals surface area (Å²) in [5.74, 6) is 0. The quantitative estimate of drug-likeness (QED) is 0.527. The van der Waals surface area contributed by atoms with E-state index in [9.17, 15) is 4.79 Å². The first-order chi connectivity index (χ1) is 11.5. The number of carbonyl (C=O) groups excluding carboxylic acids is 1. The molecule has 3 heteroatoms. The number of aryl methyl sites for hydroxylation is 3. The molecule has 1 atom stereocenters. The number of hydrogen-bond acceptors (Lipinski definition) is 1. The van der Waals surface area contributed by atoms with Crippen molar-refractivity contribution in [2.75, 3.05) is 0 Å². The van der Waals surface area contributed by atoms with Gasteiger partial charge in [0.1, 0.15) is 0 Å². The Morgan fingerprint density at radius 1 is 0.760 bits per heavy atom. The van der Waals surface area contributed by atoms with Gasteiger partial charge in [-0.05, 0) is 56.9 Å². The van der Waals surface area contributed by atoms with Gasteiger partial charge in [0.15, 0.2) is 5.52 Å². The van der Waals surface area contributed by atoms with Crippen molar-refractivity contribution in [2.45, 2.75) is 20.8 Å². The molecule has 1 unspecified atom stereocenters. The molecule has 3 rings (SSSR count). The van der Waals surface area contributed by atoms with E-state index in [1.807, 2.05) is 32.0 Å². The molecule has 0 heterocycles. The summed E-state index contributed by atoms with van der Waals surface area (Å²) in [7, 11) is 0.160. The summed E-state index contributed by atoms with van der Waals surface area (Å²) in [6, 6.07) is 22.8. The third-order valence-corrected chi connectivity index (χ3v) is 5.25. The van der Waals surface area contributed by atoms with E-state index in [4.69, 9.17) is 0 Å². The van der Waals surface area contributed by atoms with Crippen molar-refractivity contribution in [1.82, 2.24) is 0 Å². The van der Waals surface area contributed by atoms with Crippen molar-refractivity contribution in [3.05, 3.63) is 89.0 Å². The van der Waals surface area contributed by atoms with Crippen LogP contribution >= 0.6 is 8.58 Å². The number of benzene rings is 3. The Balaban J connectivity index is 0.00000225. The first-order valence-electron chi connectivity index (χ1n) is 8.09. The van der Waals surface area contributed by atoms with Gasteiger partial charge in [-0.2, -0.15) is 0 Å². The van der Waals surface area contributed by atoms with Crippen LogP contribution in [-0.4, -0.2) is 5.52 Å². The summed E-state index contributed by atoms with van der Waals surface area (Å²) < 4.78 is 0. The van der Waals surface area contributed by atoms with E-state index < -0.39 is 0 Å². The van der Waals surface area contributed by atoms with Crippen LogP contribution < -0.4 is 24.2 Å². The molecular formula is C22H21LiOP+. The van der Waals surface area contributed by atoms with Crippen LogP contribution in [0.3, 0.4) is 0 Å². The van der Waals surface area contributed by atoms with Crippen LogP contribution in [0.1, 0.15) is 27.0 Å². The van der Waals surface area contributed by atoms with Crippen molar-refractivity contribution in [3.8, 4) is 11.1 Å². The van der Waals surface area contributed by atoms with Crippen LogP contribution in [0.15, 0.2) is 66.7 Å². The van der Waals surface area contributed by atoms with Gasteiger partial charge in [-0.15, -0.1) is 0 Å². The molecular weight excluding hydrogens is 318 g/mol. The van der Waals surface area contributed by atoms with Gasteiger partial charge in [0, 0.05) is 5.56 Å². The summed E-state index contributed by atoms with van der Waals surface area (Å²) in [5.41, 5.74) is 6.83. The predicted octanol–water partition coefficient (Wildman–Crippen LogP) is 2.43.